The predicted octanol–water partition coefficient (Wildman–Crippen LogP) is 4.36. The van der Waals surface area contributed by atoms with Crippen molar-refractivity contribution in [3.8, 4) is 21.8 Å². The molecule has 0 unspecified atom stereocenters. The highest BCUT2D eigenvalue weighted by Gasteiger charge is 2.12. The quantitative estimate of drug-likeness (QED) is 0.747. The van der Waals surface area contributed by atoms with E-state index in [0.717, 1.165) is 10.6 Å². The fourth-order valence-electron chi connectivity index (χ4n) is 1.82. The van der Waals surface area contributed by atoms with Crippen LogP contribution in [0.15, 0.2) is 46.4 Å². The van der Waals surface area contributed by atoms with Crippen molar-refractivity contribution in [1.82, 2.24) is 9.97 Å². The Bertz CT molecular complexity index is 773. The first-order chi connectivity index (χ1) is 9.65. The summed E-state index contributed by atoms with van der Waals surface area (Å²) in [4.78, 5) is 8.48. The zero-order valence-electron chi connectivity index (χ0n) is 10.2. The molecule has 0 amide bonds. The van der Waals surface area contributed by atoms with Crippen LogP contribution in [-0.4, -0.2) is 9.97 Å². The Balaban J connectivity index is 2.04. The molecule has 0 aliphatic carbocycles. The number of nitrogen functional groups attached to an aromatic ring is 1. The summed E-state index contributed by atoms with van der Waals surface area (Å²) in [6, 6.07) is 8.56. The molecule has 3 aromatic rings. The van der Waals surface area contributed by atoms with Gasteiger partial charge in [-0.3, -0.25) is 0 Å². The third-order valence-electron chi connectivity index (χ3n) is 2.78. The summed E-state index contributed by atoms with van der Waals surface area (Å²) in [5, 5.41) is 2.54. The van der Waals surface area contributed by atoms with Gasteiger partial charge in [0.1, 0.15) is 16.6 Å². The summed E-state index contributed by atoms with van der Waals surface area (Å²) < 4.78 is 14.6. The Morgan fingerprint density at radius 1 is 1.20 bits per heavy atom. The lowest BCUT2D eigenvalue weighted by Crippen LogP contribution is -1.92. The Kier molecular flexibility index (Phi) is 3.50. The van der Waals surface area contributed by atoms with E-state index in [-0.39, 0.29) is 5.82 Å². The number of nitrogens with zero attached hydrogens (tertiary/aromatic N) is 2. The lowest BCUT2D eigenvalue weighted by molar-refractivity contribution is 0.630. The molecule has 0 bridgehead atoms. The van der Waals surface area contributed by atoms with Gasteiger partial charge in [0.15, 0.2) is 0 Å². The van der Waals surface area contributed by atoms with Gasteiger partial charge in [-0.15, -0.1) is 11.3 Å². The maximum absolute atomic E-state index is 13.9. The van der Waals surface area contributed by atoms with E-state index in [0.29, 0.717) is 21.5 Å². The number of halogens is 2. The zero-order valence-corrected chi connectivity index (χ0v) is 12.6. The second-order valence-electron chi connectivity index (χ2n) is 4.10. The lowest BCUT2D eigenvalue weighted by Gasteiger charge is -2.01. The van der Waals surface area contributed by atoms with Gasteiger partial charge in [0.05, 0.1) is 11.3 Å². The van der Waals surface area contributed by atoms with Crippen LogP contribution in [0.2, 0.25) is 0 Å². The van der Waals surface area contributed by atoms with Crippen LogP contribution < -0.4 is 5.73 Å². The molecule has 1 aromatic carbocycles. The third-order valence-corrected chi connectivity index (χ3v) is 4.15. The van der Waals surface area contributed by atoms with Gasteiger partial charge >= 0.3 is 0 Å². The first-order valence-corrected chi connectivity index (χ1v) is 7.44. The number of rotatable bonds is 2. The van der Waals surface area contributed by atoms with E-state index in [1.165, 1.54) is 17.4 Å². The fourth-order valence-corrected chi connectivity index (χ4v) is 3.00. The van der Waals surface area contributed by atoms with Gasteiger partial charge in [0, 0.05) is 21.6 Å². The monoisotopic (exact) mass is 349 g/mol. The summed E-state index contributed by atoms with van der Waals surface area (Å²) in [5.41, 5.74) is 7.66. The van der Waals surface area contributed by atoms with Crippen molar-refractivity contribution < 1.29 is 4.39 Å². The smallest absolute Gasteiger partial charge is 0.133 e. The Labute approximate surface area is 127 Å². The minimum Gasteiger partial charge on any atom is -0.383 e. The molecule has 20 heavy (non-hydrogen) atoms. The molecule has 100 valence electrons. The molecule has 2 heterocycles. The molecule has 0 saturated carbocycles. The Morgan fingerprint density at radius 2 is 2.05 bits per heavy atom. The van der Waals surface area contributed by atoms with E-state index in [1.54, 1.807) is 24.4 Å². The first kappa shape index (κ1) is 13.2. The largest absolute Gasteiger partial charge is 0.383 e. The first-order valence-electron chi connectivity index (χ1n) is 5.77. The van der Waals surface area contributed by atoms with E-state index in [1.807, 2.05) is 11.4 Å². The molecular weight excluding hydrogens is 341 g/mol. The van der Waals surface area contributed by atoms with Crippen molar-refractivity contribution >= 4 is 33.1 Å². The van der Waals surface area contributed by atoms with Crippen LogP contribution in [0.3, 0.4) is 0 Å². The normalized spacial score (nSPS) is 10.7. The minimum atomic E-state index is -0.310. The molecule has 6 heteroatoms. The molecule has 0 atom stereocenters. The van der Waals surface area contributed by atoms with Crippen molar-refractivity contribution in [2.75, 3.05) is 5.73 Å². The summed E-state index contributed by atoms with van der Waals surface area (Å²) in [6.07, 6.45) is 1.63. The topological polar surface area (TPSA) is 51.8 Å². The summed E-state index contributed by atoms with van der Waals surface area (Å²) in [6.45, 7) is 0. The van der Waals surface area contributed by atoms with E-state index >= 15 is 0 Å². The average Bonchev–Trinajstić information content (AvgIpc) is 2.88. The van der Waals surface area contributed by atoms with Gasteiger partial charge in [-0.05, 0) is 30.3 Å². The van der Waals surface area contributed by atoms with Crippen molar-refractivity contribution in [3.05, 3.63) is 52.2 Å². The minimum absolute atomic E-state index is 0.310. The highest BCUT2D eigenvalue weighted by molar-refractivity contribution is 9.10. The van der Waals surface area contributed by atoms with Crippen LogP contribution in [0.5, 0.6) is 0 Å². The number of pyridine rings is 1. The second-order valence-corrected chi connectivity index (χ2v) is 5.87. The standard InChI is InChI=1S/C14H9BrFN3S/c15-8-3-4-9(11(16)6-8)12-7-20-14(19-12)10-2-1-5-18-13(10)17/h1-7H,(H2,17,18). The zero-order chi connectivity index (χ0) is 14.1. The molecule has 0 fully saturated rings. The van der Waals surface area contributed by atoms with Crippen LogP contribution in [0.25, 0.3) is 21.8 Å². The predicted molar refractivity (Wildman–Crippen MR) is 82.9 cm³/mol. The van der Waals surface area contributed by atoms with Gasteiger partial charge in [-0.2, -0.15) is 0 Å². The van der Waals surface area contributed by atoms with Crippen LogP contribution in [-0.2, 0) is 0 Å². The molecule has 0 saturated heterocycles. The number of anilines is 1. The number of nitrogens with two attached hydrogens (primary N) is 1. The number of aromatic nitrogens is 2. The molecule has 0 spiro atoms. The number of thiazole rings is 1. The lowest BCUT2D eigenvalue weighted by atomic mass is 10.1. The fraction of sp³-hybridized carbons (Fsp3) is 0. The van der Waals surface area contributed by atoms with Crippen molar-refractivity contribution in [2.24, 2.45) is 0 Å². The summed E-state index contributed by atoms with van der Waals surface area (Å²) in [5.74, 6) is 0.111. The van der Waals surface area contributed by atoms with Crippen LogP contribution >= 0.6 is 27.3 Å². The van der Waals surface area contributed by atoms with Crippen LogP contribution in [0, 0.1) is 5.82 Å². The maximum atomic E-state index is 13.9. The Morgan fingerprint density at radius 3 is 2.80 bits per heavy atom. The highest BCUT2D eigenvalue weighted by Crippen LogP contribution is 2.32. The van der Waals surface area contributed by atoms with E-state index in [4.69, 9.17) is 5.73 Å². The van der Waals surface area contributed by atoms with E-state index < -0.39 is 0 Å². The van der Waals surface area contributed by atoms with E-state index in [9.17, 15) is 4.39 Å². The average molecular weight is 350 g/mol. The summed E-state index contributed by atoms with van der Waals surface area (Å²) in [7, 11) is 0. The molecular formula is C14H9BrFN3S. The van der Waals surface area contributed by atoms with Gasteiger partial charge in [-0.25, -0.2) is 14.4 Å². The second kappa shape index (κ2) is 5.30. The number of hydrogen-bond donors (Lipinski definition) is 1. The molecule has 0 aliphatic rings. The summed E-state index contributed by atoms with van der Waals surface area (Å²) >= 11 is 4.65. The van der Waals surface area contributed by atoms with Gasteiger partial charge in [0.2, 0.25) is 0 Å². The molecule has 0 aliphatic heterocycles. The third kappa shape index (κ3) is 2.44. The number of hydrogen-bond acceptors (Lipinski definition) is 4. The van der Waals surface area contributed by atoms with Crippen molar-refractivity contribution in [1.29, 1.82) is 0 Å². The van der Waals surface area contributed by atoms with Gasteiger partial charge in [-0.1, -0.05) is 15.9 Å². The molecule has 0 radical (unpaired) electrons. The van der Waals surface area contributed by atoms with Crippen molar-refractivity contribution in [3.63, 3.8) is 0 Å². The molecule has 2 N–H and O–H groups in total. The van der Waals surface area contributed by atoms with Gasteiger partial charge in [0.25, 0.3) is 0 Å². The molecule has 2 aromatic heterocycles. The number of benzene rings is 1. The Hall–Kier alpha value is -1.79. The van der Waals surface area contributed by atoms with Crippen molar-refractivity contribution in [2.45, 2.75) is 0 Å². The van der Waals surface area contributed by atoms with Gasteiger partial charge < -0.3 is 5.73 Å². The highest BCUT2D eigenvalue weighted by atomic mass is 79.9. The van der Waals surface area contributed by atoms with E-state index in [2.05, 4.69) is 25.9 Å². The van der Waals surface area contributed by atoms with Crippen LogP contribution in [0.1, 0.15) is 0 Å². The SMILES string of the molecule is Nc1ncccc1-c1nc(-c2ccc(Br)cc2F)cs1. The maximum Gasteiger partial charge on any atom is 0.133 e. The molecule has 3 nitrogen and oxygen atoms in total. The molecule has 3 rings (SSSR count). The van der Waals surface area contributed by atoms with Crippen LogP contribution in [0.4, 0.5) is 10.2 Å².